The van der Waals surface area contributed by atoms with E-state index >= 15 is 0 Å². The lowest BCUT2D eigenvalue weighted by Crippen LogP contribution is -2.04. The molecule has 122 valence electrons. The Morgan fingerprint density at radius 2 is 2.04 bits per heavy atom. The van der Waals surface area contributed by atoms with Gasteiger partial charge in [0.05, 0.1) is 29.3 Å². The van der Waals surface area contributed by atoms with Crippen LogP contribution in [0.2, 0.25) is 0 Å². The van der Waals surface area contributed by atoms with E-state index in [1.165, 1.54) is 11.8 Å². The average molecular weight is 345 g/mol. The Bertz CT molecular complexity index is 889. The minimum absolute atomic E-state index is 0.264. The highest BCUT2D eigenvalue weighted by molar-refractivity contribution is 7.99. The van der Waals surface area contributed by atoms with E-state index in [0.717, 1.165) is 4.57 Å². The van der Waals surface area contributed by atoms with Gasteiger partial charge in [-0.05, 0) is 30.3 Å². The second-order valence-corrected chi connectivity index (χ2v) is 5.93. The molecule has 0 aliphatic carbocycles. The minimum atomic E-state index is -2.65. The van der Waals surface area contributed by atoms with Crippen LogP contribution in [-0.2, 0) is 0 Å². The van der Waals surface area contributed by atoms with E-state index in [0.29, 0.717) is 34.7 Å². The SMILES string of the molecule is N#Cc1cccc(OCCSc2nc3ccccc3n2C(F)F)c1. The molecule has 0 saturated heterocycles. The number of thioether (sulfide) groups is 1. The van der Waals surface area contributed by atoms with Crippen LogP contribution in [0.1, 0.15) is 12.1 Å². The van der Waals surface area contributed by atoms with Crippen LogP contribution in [0.5, 0.6) is 5.75 Å². The largest absolute Gasteiger partial charge is 0.493 e. The van der Waals surface area contributed by atoms with Crippen LogP contribution in [0.3, 0.4) is 0 Å². The van der Waals surface area contributed by atoms with Crippen LogP contribution >= 0.6 is 11.8 Å². The second kappa shape index (κ2) is 7.32. The first-order valence-electron chi connectivity index (χ1n) is 7.20. The summed E-state index contributed by atoms with van der Waals surface area (Å²) < 4.78 is 33.1. The van der Waals surface area contributed by atoms with Crippen LogP contribution in [0.4, 0.5) is 8.78 Å². The molecule has 1 aromatic heterocycles. The summed E-state index contributed by atoms with van der Waals surface area (Å²) in [6.45, 7) is -2.32. The standard InChI is InChI=1S/C17H13F2N3OS/c18-16(19)22-15-7-2-1-6-14(15)21-17(22)24-9-8-23-13-5-3-4-12(10-13)11-20/h1-7,10,16H,8-9H2. The predicted molar refractivity (Wildman–Crippen MR) is 88.4 cm³/mol. The quantitative estimate of drug-likeness (QED) is 0.488. The van der Waals surface area contributed by atoms with Gasteiger partial charge in [-0.2, -0.15) is 14.0 Å². The van der Waals surface area contributed by atoms with Gasteiger partial charge in [-0.25, -0.2) is 4.98 Å². The van der Waals surface area contributed by atoms with Gasteiger partial charge < -0.3 is 4.74 Å². The molecule has 3 aromatic rings. The van der Waals surface area contributed by atoms with Crippen molar-refractivity contribution >= 4 is 22.8 Å². The molecular weight excluding hydrogens is 332 g/mol. The van der Waals surface area contributed by atoms with Crippen molar-refractivity contribution in [2.75, 3.05) is 12.4 Å². The molecule has 0 spiro atoms. The van der Waals surface area contributed by atoms with Crippen molar-refractivity contribution in [3.8, 4) is 11.8 Å². The Morgan fingerprint density at radius 3 is 2.83 bits per heavy atom. The predicted octanol–water partition coefficient (Wildman–Crippen LogP) is 4.47. The summed E-state index contributed by atoms with van der Waals surface area (Å²) in [4.78, 5) is 4.25. The smallest absolute Gasteiger partial charge is 0.321 e. The van der Waals surface area contributed by atoms with Crippen LogP contribution in [0, 0.1) is 11.3 Å². The number of rotatable bonds is 6. The van der Waals surface area contributed by atoms with Crippen molar-refractivity contribution in [3.05, 3.63) is 54.1 Å². The number of hydrogen-bond donors (Lipinski definition) is 0. The van der Waals surface area contributed by atoms with Gasteiger partial charge in [0, 0.05) is 5.75 Å². The molecule has 0 radical (unpaired) electrons. The van der Waals surface area contributed by atoms with E-state index in [2.05, 4.69) is 4.98 Å². The molecule has 7 heteroatoms. The highest BCUT2D eigenvalue weighted by Crippen LogP contribution is 2.29. The van der Waals surface area contributed by atoms with Crippen molar-refractivity contribution in [1.82, 2.24) is 9.55 Å². The summed E-state index contributed by atoms with van der Waals surface area (Å²) in [6.07, 6.45) is 0. The molecule has 0 fully saturated rings. The zero-order valence-corrected chi connectivity index (χ0v) is 13.3. The summed E-state index contributed by atoms with van der Waals surface area (Å²) in [5, 5.41) is 9.11. The number of hydrogen-bond acceptors (Lipinski definition) is 4. The number of nitriles is 1. The normalized spacial score (nSPS) is 10.9. The molecular formula is C17H13F2N3OS. The Morgan fingerprint density at radius 1 is 1.21 bits per heavy atom. The number of fused-ring (bicyclic) bond motifs is 1. The van der Waals surface area contributed by atoms with Crippen molar-refractivity contribution < 1.29 is 13.5 Å². The van der Waals surface area contributed by atoms with Crippen LogP contribution < -0.4 is 4.74 Å². The monoisotopic (exact) mass is 345 g/mol. The summed E-state index contributed by atoms with van der Waals surface area (Å²) in [7, 11) is 0. The maximum atomic E-state index is 13.3. The maximum absolute atomic E-state index is 13.3. The van der Waals surface area contributed by atoms with Gasteiger partial charge in [-0.1, -0.05) is 30.0 Å². The van der Waals surface area contributed by atoms with E-state index < -0.39 is 6.55 Å². The van der Waals surface area contributed by atoms with Crippen LogP contribution in [0.25, 0.3) is 11.0 Å². The molecule has 0 bridgehead atoms. The van der Waals surface area contributed by atoms with E-state index in [9.17, 15) is 8.78 Å². The van der Waals surface area contributed by atoms with E-state index in [1.807, 2.05) is 6.07 Å². The zero-order valence-electron chi connectivity index (χ0n) is 12.5. The number of aromatic nitrogens is 2. The first-order chi connectivity index (χ1) is 11.7. The molecule has 0 amide bonds. The molecule has 0 atom stereocenters. The van der Waals surface area contributed by atoms with E-state index in [4.69, 9.17) is 10.00 Å². The molecule has 0 unspecified atom stereocenters. The van der Waals surface area contributed by atoms with Crippen molar-refractivity contribution in [3.63, 3.8) is 0 Å². The van der Waals surface area contributed by atoms with Crippen molar-refractivity contribution in [2.24, 2.45) is 0 Å². The molecule has 0 saturated carbocycles. The van der Waals surface area contributed by atoms with Gasteiger partial charge >= 0.3 is 6.55 Å². The number of halogens is 2. The zero-order chi connectivity index (χ0) is 16.9. The minimum Gasteiger partial charge on any atom is -0.493 e. The van der Waals surface area contributed by atoms with Gasteiger partial charge in [-0.15, -0.1) is 0 Å². The molecule has 2 aromatic carbocycles. The lowest BCUT2D eigenvalue weighted by Gasteiger charge is -2.08. The molecule has 3 rings (SSSR count). The summed E-state index contributed by atoms with van der Waals surface area (Å²) in [5.41, 5.74) is 1.47. The van der Waals surface area contributed by atoms with Crippen LogP contribution in [-0.4, -0.2) is 21.9 Å². The lowest BCUT2D eigenvalue weighted by atomic mass is 10.2. The topological polar surface area (TPSA) is 50.8 Å². The number of nitrogens with zero attached hydrogens (tertiary/aromatic N) is 3. The van der Waals surface area contributed by atoms with Crippen molar-refractivity contribution in [2.45, 2.75) is 11.7 Å². The number of imidazole rings is 1. The van der Waals surface area contributed by atoms with E-state index in [-0.39, 0.29) is 5.16 Å². The van der Waals surface area contributed by atoms with E-state index in [1.54, 1.807) is 48.5 Å². The van der Waals surface area contributed by atoms with Gasteiger partial charge in [0.1, 0.15) is 5.75 Å². The maximum Gasteiger partial charge on any atom is 0.321 e. The highest BCUT2D eigenvalue weighted by atomic mass is 32.2. The molecule has 0 aliphatic rings. The molecule has 0 N–H and O–H groups in total. The molecule has 4 nitrogen and oxygen atoms in total. The Hall–Kier alpha value is -2.59. The van der Waals surface area contributed by atoms with Crippen LogP contribution in [0.15, 0.2) is 53.7 Å². The summed E-state index contributed by atoms with van der Waals surface area (Å²) in [5.74, 6) is 1.05. The molecule has 0 aliphatic heterocycles. The third-order valence-electron chi connectivity index (χ3n) is 3.30. The summed E-state index contributed by atoms with van der Waals surface area (Å²) >= 11 is 1.21. The summed E-state index contributed by atoms with van der Waals surface area (Å²) in [6, 6.07) is 15.7. The number of para-hydroxylation sites is 2. The highest BCUT2D eigenvalue weighted by Gasteiger charge is 2.17. The third-order valence-corrected chi connectivity index (χ3v) is 4.22. The molecule has 24 heavy (non-hydrogen) atoms. The fraction of sp³-hybridized carbons (Fsp3) is 0.176. The Labute approximate surface area is 141 Å². The van der Waals surface area contributed by atoms with Gasteiger partial charge in [0.15, 0.2) is 5.16 Å². The number of benzene rings is 2. The Kier molecular flexibility index (Phi) is 4.96. The third kappa shape index (κ3) is 3.49. The average Bonchev–Trinajstić information content (AvgIpc) is 2.97. The van der Waals surface area contributed by atoms with Crippen molar-refractivity contribution in [1.29, 1.82) is 5.26 Å². The molecule has 1 heterocycles. The fourth-order valence-electron chi connectivity index (χ4n) is 2.26. The van der Waals surface area contributed by atoms with Gasteiger partial charge in [0.2, 0.25) is 0 Å². The van der Waals surface area contributed by atoms with Gasteiger partial charge in [-0.3, -0.25) is 4.57 Å². The fourth-order valence-corrected chi connectivity index (χ4v) is 3.09. The first kappa shape index (κ1) is 16.3. The first-order valence-corrected chi connectivity index (χ1v) is 8.18. The number of alkyl halides is 2. The number of ether oxygens (including phenoxy) is 1. The van der Waals surface area contributed by atoms with Gasteiger partial charge in [0.25, 0.3) is 0 Å². The lowest BCUT2D eigenvalue weighted by molar-refractivity contribution is 0.0656. The second-order valence-electron chi connectivity index (χ2n) is 4.87. The Balaban J connectivity index is 1.65.